The second-order valence-electron chi connectivity index (χ2n) is 9.55. The Balaban J connectivity index is 1.43. The molecule has 0 bridgehead atoms. The average Bonchev–Trinajstić information content (AvgIpc) is 3.09. The first-order valence-electron chi connectivity index (χ1n) is 13.3. The van der Waals surface area contributed by atoms with Crippen molar-refractivity contribution in [3.05, 3.63) is 71.8 Å². The molecule has 3 N–H and O–H groups in total. The van der Waals surface area contributed by atoms with Crippen LogP contribution in [0, 0.1) is 0 Å². The van der Waals surface area contributed by atoms with Gasteiger partial charge >= 0.3 is 12.0 Å². The van der Waals surface area contributed by atoms with Gasteiger partial charge in [-0.15, -0.1) is 0 Å². The van der Waals surface area contributed by atoms with Gasteiger partial charge in [0.2, 0.25) is 11.8 Å². The molecule has 2 unspecified atom stereocenters. The number of carbonyl (C=O) groups excluding carboxylic acids is 4. The number of hydrogen-bond acceptors (Lipinski definition) is 7. The molecule has 2 fully saturated rings. The average molecular weight is 565 g/mol. The molecule has 13 heteroatoms. The molecule has 5 amide bonds. The maximum Gasteiger partial charge on any atom is 0.358 e. The summed E-state index contributed by atoms with van der Waals surface area (Å²) < 4.78 is 0. The molecular weight excluding hydrogens is 532 g/mol. The Hall–Kier alpha value is -4.94. The lowest BCUT2D eigenvalue weighted by atomic mass is 10.1. The van der Waals surface area contributed by atoms with E-state index < -0.39 is 42.3 Å². The molecule has 0 radical (unpaired) electrons. The zero-order chi connectivity index (χ0) is 29.2. The molecule has 216 valence electrons. The first-order chi connectivity index (χ1) is 19.8. The fourth-order valence-electron chi connectivity index (χ4n) is 4.58. The van der Waals surface area contributed by atoms with Crippen LogP contribution >= 0.6 is 0 Å². The monoisotopic (exact) mass is 564 g/mol. The number of amides is 5. The van der Waals surface area contributed by atoms with E-state index in [0.717, 1.165) is 15.6 Å². The SMILES string of the molecule is O=C(O)CC(/C=N/OCCc1ccccc1)NC(=O)C1CCCN2C(=O)CCN(NC(=O)c3ccccc3)C(=O)N12. The van der Waals surface area contributed by atoms with E-state index in [1.807, 2.05) is 30.3 Å². The van der Waals surface area contributed by atoms with Crippen LogP contribution in [0.15, 0.2) is 65.8 Å². The molecule has 0 aliphatic carbocycles. The minimum Gasteiger partial charge on any atom is -0.481 e. The van der Waals surface area contributed by atoms with Crippen molar-refractivity contribution in [3.8, 4) is 0 Å². The quantitative estimate of drug-likeness (QED) is 0.212. The van der Waals surface area contributed by atoms with Gasteiger partial charge in [0, 0.05) is 24.9 Å². The number of hydrogen-bond donors (Lipinski definition) is 3. The number of benzene rings is 2. The highest BCUT2D eigenvalue weighted by molar-refractivity contribution is 5.97. The van der Waals surface area contributed by atoms with Gasteiger partial charge in [0.05, 0.1) is 25.2 Å². The molecule has 2 heterocycles. The van der Waals surface area contributed by atoms with E-state index in [4.69, 9.17) is 4.84 Å². The summed E-state index contributed by atoms with van der Waals surface area (Å²) in [5.41, 5.74) is 3.90. The molecule has 2 aliphatic heterocycles. The Kier molecular flexibility index (Phi) is 9.86. The molecule has 4 rings (SSSR count). The van der Waals surface area contributed by atoms with Crippen LogP contribution in [0.1, 0.15) is 41.6 Å². The Morgan fingerprint density at radius 3 is 2.46 bits per heavy atom. The van der Waals surface area contributed by atoms with Gasteiger partial charge in [0.15, 0.2) is 0 Å². The molecule has 13 nitrogen and oxygen atoms in total. The van der Waals surface area contributed by atoms with E-state index in [-0.39, 0.29) is 38.4 Å². The third-order valence-electron chi connectivity index (χ3n) is 6.60. The normalized spacial score (nSPS) is 18.0. The summed E-state index contributed by atoms with van der Waals surface area (Å²) in [6.45, 7) is 0.400. The minimum atomic E-state index is -1.17. The molecule has 0 aromatic heterocycles. The van der Waals surface area contributed by atoms with E-state index in [0.29, 0.717) is 18.4 Å². The number of carboxylic acid groups (broad SMARTS) is 1. The molecule has 41 heavy (non-hydrogen) atoms. The van der Waals surface area contributed by atoms with Crippen molar-refractivity contribution < 1.29 is 33.9 Å². The summed E-state index contributed by atoms with van der Waals surface area (Å²) >= 11 is 0. The van der Waals surface area contributed by atoms with Crippen LogP contribution in [0.4, 0.5) is 4.79 Å². The number of urea groups is 1. The fourth-order valence-corrected chi connectivity index (χ4v) is 4.58. The lowest BCUT2D eigenvalue weighted by Gasteiger charge is -2.43. The number of rotatable bonds is 11. The smallest absolute Gasteiger partial charge is 0.358 e. The zero-order valence-electron chi connectivity index (χ0n) is 22.3. The number of carboxylic acids is 1. The number of fused-ring (bicyclic) bond motifs is 1. The number of nitrogens with one attached hydrogen (secondary N) is 2. The van der Waals surface area contributed by atoms with Crippen molar-refractivity contribution in [2.24, 2.45) is 5.16 Å². The third kappa shape index (κ3) is 7.81. The lowest BCUT2D eigenvalue weighted by molar-refractivity contribution is -0.155. The Morgan fingerprint density at radius 2 is 1.76 bits per heavy atom. The van der Waals surface area contributed by atoms with Crippen molar-refractivity contribution in [1.82, 2.24) is 25.8 Å². The van der Waals surface area contributed by atoms with Crippen molar-refractivity contribution in [3.63, 3.8) is 0 Å². The highest BCUT2D eigenvalue weighted by atomic mass is 16.6. The third-order valence-corrected chi connectivity index (χ3v) is 6.60. The standard InChI is InChI=1S/C28H32N6O7/c35-24-13-16-32(31-26(38)21-10-5-2-6-11-21)28(40)34-23(12-7-15-33(24)34)27(39)30-22(18-25(36)37)19-29-41-17-14-20-8-3-1-4-9-20/h1-6,8-11,19,22-23H,7,12-18H2,(H,30,39)(H,31,38)(H,36,37)/b29-19+. The summed E-state index contributed by atoms with van der Waals surface area (Å²) in [5, 5.41) is 19.1. The summed E-state index contributed by atoms with van der Waals surface area (Å²) in [6.07, 6.45) is 1.94. The molecule has 0 spiro atoms. The highest BCUT2D eigenvalue weighted by Gasteiger charge is 2.44. The lowest BCUT2D eigenvalue weighted by Crippen LogP contribution is -2.64. The molecule has 0 saturated carbocycles. The van der Waals surface area contributed by atoms with Crippen molar-refractivity contribution in [1.29, 1.82) is 0 Å². The Morgan fingerprint density at radius 1 is 1.05 bits per heavy atom. The van der Waals surface area contributed by atoms with Crippen molar-refractivity contribution >= 4 is 35.9 Å². The predicted octanol–water partition coefficient (Wildman–Crippen LogP) is 1.57. The van der Waals surface area contributed by atoms with Gasteiger partial charge in [-0.2, -0.15) is 0 Å². The van der Waals surface area contributed by atoms with Gasteiger partial charge in [-0.3, -0.25) is 24.6 Å². The minimum absolute atomic E-state index is 0.0553. The summed E-state index contributed by atoms with van der Waals surface area (Å²) in [6, 6.07) is 15.0. The number of nitrogens with zero attached hydrogens (tertiary/aromatic N) is 4. The van der Waals surface area contributed by atoms with Crippen molar-refractivity contribution in [2.75, 3.05) is 19.7 Å². The van der Waals surface area contributed by atoms with Gasteiger partial charge in [-0.25, -0.2) is 19.8 Å². The molecule has 2 aromatic carbocycles. The van der Waals surface area contributed by atoms with Gasteiger partial charge in [-0.05, 0) is 30.5 Å². The van der Waals surface area contributed by atoms with Gasteiger partial charge < -0.3 is 15.3 Å². The maximum atomic E-state index is 13.6. The Bertz CT molecular complexity index is 1270. The van der Waals surface area contributed by atoms with Crippen LogP contribution < -0.4 is 10.7 Å². The summed E-state index contributed by atoms with van der Waals surface area (Å²) in [4.78, 5) is 69.3. The van der Waals surface area contributed by atoms with Gasteiger partial charge in [-0.1, -0.05) is 53.7 Å². The second kappa shape index (κ2) is 13.9. The van der Waals surface area contributed by atoms with Gasteiger partial charge in [0.25, 0.3) is 5.91 Å². The summed E-state index contributed by atoms with van der Waals surface area (Å²) in [7, 11) is 0. The van der Waals surface area contributed by atoms with Crippen LogP contribution in [0.3, 0.4) is 0 Å². The van der Waals surface area contributed by atoms with Crippen LogP contribution in [0.25, 0.3) is 0 Å². The number of oxime groups is 1. The second-order valence-corrected chi connectivity index (χ2v) is 9.55. The first-order valence-corrected chi connectivity index (χ1v) is 13.3. The number of aliphatic carboxylic acids is 1. The van der Waals surface area contributed by atoms with E-state index in [1.54, 1.807) is 30.3 Å². The van der Waals surface area contributed by atoms with Crippen LogP contribution in [-0.2, 0) is 25.6 Å². The molecule has 2 atom stereocenters. The predicted molar refractivity (Wildman–Crippen MR) is 146 cm³/mol. The van der Waals surface area contributed by atoms with E-state index in [9.17, 15) is 29.1 Å². The largest absolute Gasteiger partial charge is 0.481 e. The van der Waals surface area contributed by atoms with Crippen LogP contribution in [0.5, 0.6) is 0 Å². The highest BCUT2D eigenvalue weighted by Crippen LogP contribution is 2.24. The molecule has 2 aliphatic rings. The number of hydrazine groups is 2. The van der Waals surface area contributed by atoms with Gasteiger partial charge in [0.1, 0.15) is 12.6 Å². The van der Waals surface area contributed by atoms with Crippen LogP contribution in [-0.4, -0.2) is 87.8 Å². The molecular formula is C28H32N6O7. The number of carbonyl (C=O) groups is 5. The molecule has 2 aromatic rings. The van der Waals surface area contributed by atoms with E-state index in [2.05, 4.69) is 15.9 Å². The zero-order valence-corrected chi connectivity index (χ0v) is 22.3. The maximum absolute atomic E-state index is 13.6. The Labute approximate surface area is 236 Å². The van der Waals surface area contributed by atoms with E-state index >= 15 is 0 Å². The van der Waals surface area contributed by atoms with Crippen molar-refractivity contribution in [2.45, 2.75) is 44.2 Å². The summed E-state index contributed by atoms with van der Waals surface area (Å²) in [5.74, 6) is -2.74. The fraction of sp³-hybridized carbons (Fsp3) is 0.357. The topological polar surface area (TPSA) is 161 Å². The first kappa shape index (κ1) is 29.1. The molecule has 2 saturated heterocycles. The van der Waals surface area contributed by atoms with E-state index in [1.165, 1.54) is 11.2 Å². The van der Waals surface area contributed by atoms with Crippen LogP contribution in [0.2, 0.25) is 0 Å².